The first-order chi connectivity index (χ1) is 9.31. The Morgan fingerprint density at radius 3 is 2.89 bits per heavy atom. The van der Waals surface area contributed by atoms with Gasteiger partial charge in [0.25, 0.3) is 0 Å². The smallest absolute Gasteiger partial charge is 0.123 e. The molecular weight excluding hydrogens is 261 g/mol. The van der Waals surface area contributed by atoms with Crippen LogP contribution >= 0.6 is 11.3 Å². The topological polar surface area (TPSA) is 12.5 Å². The fourth-order valence-electron chi connectivity index (χ4n) is 2.49. The highest BCUT2D eigenvalue weighted by atomic mass is 32.1. The Kier molecular flexibility index (Phi) is 4.11. The van der Waals surface area contributed by atoms with Gasteiger partial charge in [-0.3, -0.25) is 4.90 Å². The van der Waals surface area contributed by atoms with Crippen LogP contribution < -0.4 is 0 Å². The molecule has 0 unspecified atom stereocenters. The Morgan fingerprint density at radius 2 is 2.05 bits per heavy atom. The molecule has 19 heavy (non-hydrogen) atoms. The van der Waals surface area contributed by atoms with E-state index in [0.29, 0.717) is 0 Å². The van der Waals surface area contributed by atoms with Gasteiger partial charge in [-0.15, -0.1) is 11.3 Å². The van der Waals surface area contributed by atoms with Crippen molar-refractivity contribution in [3.05, 3.63) is 35.0 Å². The minimum atomic E-state index is -0.148. The van der Waals surface area contributed by atoms with Gasteiger partial charge in [0.2, 0.25) is 0 Å². The molecule has 2 heterocycles. The molecule has 0 atom stereocenters. The van der Waals surface area contributed by atoms with Crippen LogP contribution in [0.25, 0.3) is 10.1 Å². The van der Waals surface area contributed by atoms with Crippen LogP contribution in [0.4, 0.5) is 4.39 Å². The van der Waals surface area contributed by atoms with Gasteiger partial charge in [-0.2, -0.15) is 0 Å². The summed E-state index contributed by atoms with van der Waals surface area (Å²) in [6.45, 7) is 4.96. The number of thiophene rings is 1. The third-order valence-corrected chi connectivity index (χ3v) is 4.71. The maximum Gasteiger partial charge on any atom is 0.123 e. The Hall–Kier alpha value is -0.970. The van der Waals surface area contributed by atoms with Crippen LogP contribution in [0.3, 0.4) is 0 Å². The van der Waals surface area contributed by atoms with E-state index < -0.39 is 0 Å². The zero-order valence-electron chi connectivity index (χ0n) is 10.9. The van der Waals surface area contributed by atoms with Crippen molar-refractivity contribution in [1.82, 2.24) is 4.90 Å². The van der Waals surface area contributed by atoms with Crippen molar-refractivity contribution >= 4 is 21.4 Å². The van der Waals surface area contributed by atoms with Gasteiger partial charge in [-0.1, -0.05) is 0 Å². The van der Waals surface area contributed by atoms with Crippen LogP contribution in [0.2, 0.25) is 0 Å². The van der Waals surface area contributed by atoms with E-state index in [1.165, 1.54) is 15.6 Å². The third-order valence-electron chi connectivity index (χ3n) is 3.53. The summed E-state index contributed by atoms with van der Waals surface area (Å²) < 4.78 is 19.7. The molecule has 0 amide bonds. The first-order valence-electron chi connectivity index (χ1n) is 6.79. The van der Waals surface area contributed by atoms with E-state index in [0.717, 1.165) is 51.1 Å². The average Bonchev–Trinajstić information content (AvgIpc) is 2.82. The maximum atomic E-state index is 13.1. The third kappa shape index (κ3) is 3.32. The zero-order chi connectivity index (χ0) is 13.1. The number of nitrogens with zero attached hydrogens (tertiary/aromatic N) is 1. The molecule has 2 aromatic rings. The molecule has 0 spiro atoms. The van der Waals surface area contributed by atoms with Crippen molar-refractivity contribution < 1.29 is 9.13 Å². The maximum absolute atomic E-state index is 13.1. The van der Waals surface area contributed by atoms with Crippen LogP contribution in [0.15, 0.2) is 24.3 Å². The van der Waals surface area contributed by atoms with Crippen molar-refractivity contribution in [2.75, 3.05) is 32.8 Å². The summed E-state index contributed by atoms with van der Waals surface area (Å²) in [5, 5.41) is 1.03. The summed E-state index contributed by atoms with van der Waals surface area (Å²) in [4.78, 5) is 3.81. The number of ether oxygens (including phenoxy) is 1. The molecule has 1 aromatic carbocycles. The van der Waals surface area contributed by atoms with Crippen LogP contribution in [0.5, 0.6) is 0 Å². The summed E-state index contributed by atoms with van der Waals surface area (Å²) in [5.74, 6) is -0.148. The van der Waals surface area contributed by atoms with E-state index in [2.05, 4.69) is 11.0 Å². The molecule has 1 fully saturated rings. The standard InChI is InChI=1S/C15H18FNOS/c16-13-3-4-15-12(10-13)11-14(19-15)2-1-5-17-6-8-18-9-7-17/h3-4,10-11H,1-2,5-9H2. The summed E-state index contributed by atoms with van der Waals surface area (Å²) in [6, 6.07) is 7.16. The number of morpholine rings is 1. The second-order valence-electron chi connectivity index (χ2n) is 4.95. The second kappa shape index (κ2) is 5.99. The predicted molar refractivity (Wildman–Crippen MR) is 77.4 cm³/mol. The molecule has 0 aliphatic carbocycles. The molecule has 1 aliphatic heterocycles. The fourth-order valence-corrected chi connectivity index (χ4v) is 3.58. The number of fused-ring (bicyclic) bond motifs is 1. The average molecular weight is 279 g/mol. The molecule has 0 saturated carbocycles. The van der Waals surface area contributed by atoms with E-state index in [-0.39, 0.29) is 5.82 Å². The Balaban J connectivity index is 1.56. The van der Waals surface area contributed by atoms with Gasteiger partial charge in [0.1, 0.15) is 5.82 Å². The molecule has 3 rings (SSSR count). The predicted octanol–water partition coefficient (Wildman–Crippen LogP) is 3.31. The fraction of sp³-hybridized carbons (Fsp3) is 0.467. The molecular formula is C15H18FNOS. The number of rotatable bonds is 4. The second-order valence-corrected chi connectivity index (χ2v) is 6.12. The van der Waals surface area contributed by atoms with E-state index in [9.17, 15) is 4.39 Å². The highest BCUT2D eigenvalue weighted by Crippen LogP contribution is 2.27. The lowest BCUT2D eigenvalue weighted by Gasteiger charge is -2.26. The Labute approximate surface area is 116 Å². The van der Waals surface area contributed by atoms with Gasteiger partial charge in [0.15, 0.2) is 0 Å². The molecule has 1 aliphatic rings. The van der Waals surface area contributed by atoms with Crippen molar-refractivity contribution in [3.63, 3.8) is 0 Å². The molecule has 0 bridgehead atoms. The lowest BCUT2D eigenvalue weighted by atomic mass is 10.2. The number of hydrogen-bond donors (Lipinski definition) is 0. The van der Waals surface area contributed by atoms with Gasteiger partial charge in [-0.05, 0) is 49.0 Å². The molecule has 102 valence electrons. The minimum Gasteiger partial charge on any atom is -0.379 e. The SMILES string of the molecule is Fc1ccc2sc(CCCN3CCOCC3)cc2c1. The van der Waals surface area contributed by atoms with Crippen LogP contribution in [-0.2, 0) is 11.2 Å². The largest absolute Gasteiger partial charge is 0.379 e. The number of aryl methyl sites for hydroxylation is 1. The van der Waals surface area contributed by atoms with Gasteiger partial charge in [0.05, 0.1) is 13.2 Å². The van der Waals surface area contributed by atoms with Gasteiger partial charge in [-0.25, -0.2) is 4.39 Å². The normalized spacial score (nSPS) is 17.1. The van der Waals surface area contributed by atoms with Crippen molar-refractivity contribution in [3.8, 4) is 0 Å². The van der Waals surface area contributed by atoms with E-state index in [4.69, 9.17) is 4.74 Å². The van der Waals surface area contributed by atoms with E-state index >= 15 is 0 Å². The van der Waals surface area contributed by atoms with Crippen LogP contribution in [0.1, 0.15) is 11.3 Å². The number of benzene rings is 1. The molecule has 0 N–H and O–H groups in total. The van der Waals surface area contributed by atoms with E-state index in [1.54, 1.807) is 17.4 Å². The molecule has 0 radical (unpaired) electrons. The lowest BCUT2D eigenvalue weighted by molar-refractivity contribution is 0.0375. The quantitative estimate of drug-likeness (QED) is 0.851. The van der Waals surface area contributed by atoms with Gasteiger partial charge < -0.3 is 4.74 Å². The highest BCUT2D eigenvalue weighted by molar-refractivity contribution is 7.19. The van der Waals surface area contributed by atoms with Crippen molar-refractivity contribution in [1.29, 1.82) is 0 Å². The first-order valence-corrected chi connectivity index (χ1v) is 7.61. The Bertz CT molecular complexity index is 548. The van der Waals surface area contributed by atoms with E-state index in [1.807, 2.05) is 6.07 Å². The van der Waals surface area contributed by atoms with Crippen LogP contribution in [0, 0.1) is 5.82 Å². The van der Waals surface area contributed by atoms with Crippen molar-refractivity contribution in [2.45, 2.75) is 12.8 Å². The van der Waals surface area contributed by atoms with Gasteiger partial charge >= 0.3 is 0 Å². The minimum absolute atomic E-state index is 0.148. The zero-order valence-corrected chi connectivity index (χ0v) is 11.7. The summed E-state index contributed by atoms with van der Waals surface area (Å²) in [5.41, 5.74) is 0. The summed E-state index contributed by atoms with van der Waals surface area (Å²) >= 11 is 1.78. The van der Waals surface area contributed by atoms with Crippen LogP contribution in [-0.4, -0.2) is 37.7 Å². The number of hydrogen-bond acceptors (Lipinski definition) is 3. The molecule has 1 aromatic heterocycles. The highest BCUT2D eigenvalue weighted by Gasteiger charge is 2.10. The van der Waals surface area contributed by atoms with Gasteiger partial charge in [0, 0.05) is 22.7 Å². The van der Waals surface area contributed by atoms with Crippen molar-refractivity contribution in [2.24, 2.45) is 0 Å². The monoisotopic (exact) mass is 279 g/mol. The molecule has 4 heteroatoms. The lowest BCUT2D eigenvalue weighted by Crippen LogP contribution is -2.36. The number of halogens is 1. The summed E-state index contributed by atoms with van der Waals surface area (Å²) in [7, 11) is 0. The first kappa shape index (κ1) is 13.0. The Morgan fingerprint density at radius 1 is 1.21 bits per heavy atom. The molecule has 2 nitrogen and oxygen atoms in total. The molecule has 1 saturated heterocycles. The summed E-state index contributed by atoms with van der Waals surface area (Å²) in [6.07, 6.45) is 2.24.